The van der Waals surface area contributed by atoms with Crippen molar-refractivity contribution in [2.45, 2.75) is 39.5 Å². The van der Waals surface area contributed by atoms with Crippen LogP contribution in [0.15, 0.2) is 6.20 Å². The summed E-state index contributed by atoms with van der Waals surface area (Å²) < 4.78 is 1.49. The molecule has 23 heavy (non-hydrogen) atoms. The highest BCUT2D eigenvalue weighted by atomic mass is 16.3. The van der Waals surface area contributed by atoms with Gasteiger partial charge in [0.1, 0.15) is 12.4 Å². The average Bonchev–Trinajstić information content (AvgIpc) is 2.97. The lowest BCUT2D eigenvalue weighted by Gasteiger charge is -2.17. The lowest BCUT2D eigenvalue weighted by Crippen LogP contribution is -2.21. The van der Waals surface area contributed by atoms with Crippen molar-refractivity contribution in [3.05, 3.63) is 23.0 Å². The van der Waals surface area contributed by atoms with Gasteiger partial charge in [-0.2, -0.15) is 9.61 Å². The molecule has 1 unspecified atom stereocenters. The fraction of sp³-hybridized carbons (Fsp3) is 0.562. The number of carbonyl (C=O) groups excluding carboxylic acids is 1. The molecule has 0 spiro atoms. The van der Waals surface area contributed by atoms with Gasteiger partial charge in [-0.1, -0.05) is 20.8 Å². The van der Waals surface area contributed by atoms with Gasteiger partial charge in [-0.3, -0.25) is 4.79 Å². The predicted octanol–water partition coefficient (Wildman–Crippen LogP) is 1.15. The summed E-state index contributed by atoms with van der Waals surface area (Å²) in [6, 6.07) is 0. The lowest BCUT2D eigenvalue weighted by atomic mass is 9.96. The summed E-state index contributed by atoms with van der Waals surface area (Å²) in [5.74, 6) is -0.124. The Morgan fingerprint density at radius 2 is 2.22 bits per heavy atom. The summed E-state index contributed by atoms with van der Waals surface area (Å²) >= 11 is 0. The molecule has 2 heterocycles. The van der Waals surface area contributed by atoms with E-state index in [1.165, 1.54) is 4.52 Å². The third-order valence-electron chi connectivity index (χ3n) is 4.06. The number of aliphatic hydroxyl groups excluding tert-OH is 1. The molecule has 0 radical (unpaired) electrons. The third-order valence-corrected chi connectivity index (χ3v) is 4.06. The molecule has 0 saturated heterocycles. The Hall–Kier alpha value is -1.99. The van der Waals surface area contributed by atoms with Gasteiger partial charge in [0.05, 0.1) is 17.5 Å². The van der Waals surface area contributed by atoms with Crippen LogP contribution in [0.5, 0.6) is 0 Å². The SMILES string of the molecule is CCNCCC(C)c1nc2c(CC)cnn2c(N)c1C(=O)CO. The summed E-state index contributed by atoms with van der Waals surface area (Å²) in [7, 11) is 0. The van der Waals surface area contributed by atoms with E-state index in [-0.39, 0.29) is 17.3 Å². The van der Waals surface area contributed by atoms with Crippen LogP contribution in [0.25, 0.3) is 5.65 Å². The number of hydrogen-bond acceptors (Lipinski definition) is 6. The Labute approximate surface area is 135 Å². The number of nitrogens with zero attached hydrogens (tertiary/aromatic N) is 3. The van der Waals surface area contributed by atoms with Crippen LogP contribution >= 0.6 is 0 Å². The lowest BCUT2D eigenvalue weighted by molar-refractivity contribution is 0.0902. The van der Waals surface area contributed by atoms with E-state index in [4.69, 9.17) is 5.73 Å². The van der Waals surface area contributed by atoms with Crippen molar-refractivity contribution in [3.63, 3.8) is 0 Å². The molecule has 0 fully saturated rings. The largest absolute Gasteiger partial charge is 0.388 e. The number of anilines is 1. The zero-order valence-corrected chi connectivity index (χ0v) is 14.0. The van der Waals surface area contributed by atoms with Gasteiger partial charge in [-0.05, 0) is 25.9 Å². The van der Waals surface area contributed by atoms with Crippen LogP contribution in [0.4, 0.5) is 5.82 Å². The molecule has 2 aromatic rings. The third kappa shape index (κ3) is 3.35. The molecule has 1 atom stereocenters. The highest BCUT2D eigenvalue weighted by Crippen LogP contribution is 2.27. The van der Waals surface area contributed by atoms with Crippen LogP contribution < -0.4 is 11.1 Å². The van der Waals surface area contributed by atoms with Crippen molar-refractivity contribution in [2.75, 3.05) is 25.4 Å². The van der Waals surface area contributed by atoms with Crippen LogP contribution in [0.2, 0.25) is 0 Å². The Kier molecular flexibility index (Phi) is 5.68. The first-order valence-electron chi connectivity index (χ1n) is 8.05. The Morgan fingerprint density at radius 1 is 1.48 bits per heavy atom. The normalized spacial score (nSPS) is 12.7. The number of nitrogen functional groups attached to an aromatic ring is 1. The molecule has 0 bridgehead atoms. The maximum Gasteiger partial charge on any atom is 0.193 e. The fourth-order valence-corrected chi connectivity index (χ4v) is 2.68. The number of aliphatic hydroxyl groups is 1. The van der Waals surface area contributed by atoms with Crippen LogP contribution in [-0.2, 0) is 6.42 Å². The van der Waals surface area contributed by atoms with Gasteiger partial charge in [-0.15, -0.1) is 0 Å². The van der Waals surface area contributed by atoms with Crippen molar-refractivity contribution in [1.82, 2.24) is 19.9 Å². The van der Waals surface area contributed by atoms with E-state index in [2.05, 4.69) is 15.4 Å². The van der Waals surface area contributed by atoms with E-state index in [1.807, 2.05) is 20.8 Å². The number of rotatable bonds is 8. The molecule has 2 aromatic heterocycles. The van der Waals surface area contributed by atoms with E-state index in [0.717, 1.165) is 31.5 Å². The second-order valence-corrected chi connectivity index (χ2v) is 5.64. The van der Waals surface area contributed by atoms with E-state index < -0.39 is 12.4 Å². The molecule has 4 N–H and O–H groups in total. The molecule has 0 aliphatic carbocycles. The summed E-state index contributed by atoms with van der Waals surface area (Å²) in [6.45, 7) is 7.23. The first-order valence-corrected chi connectivity index (χ1v) is 8.05. The average molecular weight is 319 g/mol. The summed E-state index contributed by atoms with van der Waals surface area (Å²) in [5.41, 5.74) is 8.77. The number of nitrogens with two attached hydrogens (primary N) is 1. The molecule has 2 rings (SSSR count). The summed E-state index contributed by atoms with van der Waals surface area (Å²) in [4.78, 5) is 16.9. The van der Waals surface area contributed by atoms with Gasteiger partial charge >= 0.3 is 0 Å². The van der Waals surface area contributed by atoms with Crippen molar-refractivity contribution in [3.8, 4) is 0 Å². The summed E-state index contributed by atoms with van der Waals surface area (Å²) in [6.07, 6.45) is 3.34. The minimum Gasteiger partial charge on any atom is -0.388 e. The number of aromatic nitrogens is 3. The number of nitrogens with one attached hydrogen (secondary N) is 1. The minimum atomic E-state index is -0.591. The van der Waals surface area contributed by atoms with Gasteiger partial charge in [-0.25, -0.2) is 4.98 Å². The Bertz CT molecular complexity index is 695. The van der Waals surface area contributed by atoms with Crippen LogP contribution in [-0.4, -0.2) is 45.2 Å². The highest BCUT2D eigenvalue weighted by molar-refractivity contribution is 6.02. The molecule has 0 aliphatic rings. The number of aryl methyl sites for hydroxylation is 1. The van der Waals surface area contributed by atoms with Crippen LogP contribution in [0, 0.1) is 0 Å². The zero-order valence-electron chi connectivity index (χ0n) is 14.0. The number of Topliss-reactive ketones (excluding diaryl/α,β-unsaturated/α-hetero) is 1. The zero-order chi connectivity index (χ0) is 17.0. The maximum atomic E-state index is 12.2. The van der Waals surface area contributed by atoms with Crippen molar-refractivity contribution in [1.29, 1.82) is 0 Å². The van der Waals surface area contributed by atoms with E-state index in [0.29, 0.717) is 11.3 Å². The molecule has 126 valence electrons. The highest BCUT2D eigenvalue weighted by Gasteiger charge is 2.24. The molecule has 0 amide bonds. The van der Waals surface area contributed by atoms with Crippen molar-refractivity contribution < 1.29 is 9.90 Å². The van der Waals surface area contributed by atoms with E-state index >= 15 is 0 Å². The predicted molar refractivity (Wildman–Crippen MR) is 89.8 cm³/mol. The Balaban J connectivity index is 2.56. The fourth-order valence-electron chi connectivity index (χ4n) is 2.68. The molecule has 0 saturated carbocycles. The molecular formula is C16H25N5O2. The van der Waals surface area contributed by atoms with Crippen LogP contribution in [0.3, 0.4) is 0 Å². The monoisotopic (exact) mass is 319 g/mol. The quantitative estimate of drug-likeness (QED) is 0.498. The molecule has 7 nitrogen and oxygen atoms in total. The minimum absolute atomic E-state index is 0.0476. The summed E-state index contributed by atoms with van der Waals surface area (Å²) in [5, 5.41) is 16.8. The smallest absolute Gasteiger partial charge is 0.193 e. The second-order valence-electron chi connectivity index (χ2n) is 5.64. The van der Waals surface area contributed by atoms with Gasteiger partial charge in [0, 0.05) is 11.5 Å². The first kappa shape index (κ1) is 17.4. The first-order chi connectivity index (χ1) is 11.0. The van der Waals surface area contributed by atoms with E-state index in [1.54, 1.807) is 6.20 Å². The number of hydrogen-bond donors (Lipinski definition) is 3. The molecule has 7 heteroatoms. The van der Waals surface area contributed by atoms with Gasteiger partial charge in [0.25, 0.3) is 0 Å². The number of fused-ring (bicyclic) bond motifs is 1. The molecular weight excluding hydrogens is 294 g/mol. The van der Waals surface area contributed by atoms with Gasteiger partial charge < -0.3 is 16.2 Å². The number of ketones is 1. The van der Waals surface area contributed by atoms with Crippen molar-refractivity contribution in [2.24, 2.45) is 0 Å². The van der Waals surface area contributed by atoms with Crippen LogP contribution in [0.1, 0.15) is 54.7 Å². The van der Waals surface area contributed by atoms with Gasteiger partial charge in [0.15, 0.2) is 11.4 Å². The van der Waals surface area contributed by atoms with Crippen molar-refractivity contribution >= 4 is 17.2 Å². The second kappa shape index (κ2) is 7.52. The Morgan fingerprint density at radius 3 is 2.83 bits per heavy atom. The van der Waals surface area contributed by atoms with Gasteiger partial charge in [0.2, 0.25) is 0 Å². The molecule has 0 aromatic carbocycles. The standard InChI is InChI=1S/C16H25N5O2/c1-4-11-8-19-21-15(17)13(12(23)9-22)14(20-16(11)21)10(3)6-7-18-5-2/h8,10,18,22H,4-7,9,17H2,1-3H3. The topological polar surface area (TPSA) is 106 Å². The number of carbonyl (C=O) groups is 1. The molecule has 0 aliphatic heterocycles. The maximum absolute atomic E-state index is 12.2. The van der Waals surface area contributed by atoms with E-state index in [9.17, 15) is 9.90 Å².